The fourth-order valence-corrected chi connectivity index (χ4v) is 9.59. The first kappa shape index (κ1) is 51.4. The van der Waals surface area contributed by atoms with Crippen molar-refractivity contribution >= 4 is 23.7 Å². The van der Waals surface area contributed by atoms with E-state index in [4.69, 9.17) is 19.6 Å². The molecule has 2 saturated carbocycles. The molecule has 65 heavy (non-hydrogen) atoms. The number of nitrogens with zero attached hydrogens (tertiary/aromatic N) is 8. The minimum Gasteiger partial charge on any atom is -0.477 e. The van der Waals surface area contributed by atoms with E-state index in [-0.39, 0.29) is 91.5 Å². The van der Waals surface area contributed by atoms with Gasteiger partial charge in [-0.1, -0.05) is 62.0 Å². The van der Waals surface area contributed by atoms with Gasteiger partial charge in [0.2, 0.25) is 5.91 Å². The van der Waals surface area contributed by atoms with Crippen molar-refractivity contribution < 1.29 is 28.6 Å². The highest BCUT2D eigenvalue weighted by Crippen LogP contribution is 2.49. The van der Waals surface area contributed by atoms with Crippen LogP contribution in [0.5, 0.6) is 0 Å². The van der Waals surface area contributed by atoms with Gasteiger partial charge in [0.15, 0.2) is 5.90 Å². The summed E-state index contributed by atoms with van der Waals surface area (Å²) in [6.07, 6.45) is 5.39. The van der Waals surface area contributed by atoms with Crippen LogP contribution >= 0.6 is 0 Å². The van der Waals surface area contributed by atoms with Crippen LogP contribution in [-0.4, -0.2) is 96.9 Å². The van der Waals surface area contributed by atoms with Gasteiger partial charge in [-0.25, -0.2) is 9.59 Å². The van der Waals surface area contributed by atoms with E-state index in [0.717, 1.165) is 11.6 Å². The molecule has 4 aliphatic rings. The van der Waals surface area contributed by atoms with E-state index < -0.39 is 41.1 Å². The number of rotatable bonds is 13. The lowest BCUT2D eigenvalue weighted by atomic mass is 9.66. The van der Waals surface area contributed by atoms with Crippen molar-refractivity contribution in [2.24, 2.45) is 34.0 Å². The third kappa shape index (κ3) is 12.9. The average molecular weight is 889 g/mol. The fraction of sp³-hybridized carbons (Fsp3) is 0.612. The highest BCUT2D eigenvalue weighted by atomic mass is 16.6. The number of carbonyl (C=O) groups is 3. The second-order valence-electron chi connectivity index (χ2n) is 20.1. The zero-order valence-corrected chi connectivity index (χ0v) is 39.5. The Morgan fingerprint density at radius 1 is 0.815 bits per heavy atom. The first-order chi connectivity index (χ1) is 30.5. The molecule has 346 valence electrons. The Morgan fingerprint density at radius 3 is 1.97 bits per heavy atom. The number of hydrogen-bond donors (Lipinski definition) is 2. The van der Waals surface area contributed by atoms with E-state index in [9.17, 15) is 40.7 Å². The van der Waals surface area contributed by atoms with Crippen LogP contribution in [0.15, 0.2) is 57.9 Å². The van der Waals surface area contributed by atoms with E-state index >= 15 is 0 Å². The maximum absolute atomic E-state index is 13.6. The molecule has 1 aliphatic heterocycles. The number of nitriles is 5. The predicted molar refractivity (Wildman–Crippen MR) is 240 cm³/mol. The molecule has 16 nitrogen and oxygen atoms in total. The van der Waals surface area contributed by atoms with Crippen LogP contribution in [0.4, 0.5) is 0 Å². The number of carbonyl (C=O) groups excluding carboxylic acids is 3. The highest BCUT2D eigenvalue weighted by molar-refractivity contribution is 5.95. The van der Waals surface area contributed by atoms with Gasteiger partial charge < -0.3 is 24.4 Å². The lowest BCUT2D eigenvalue weighted by Crippen LogP contribution is -2.64. The van der Waals surface area contributed by atoms with Gasteiger partial charge >= 0.3 is 11.9 Å². The summed E-state index contributed by atoms with van der Waals surface area (Å²) in [5, 5.41) is 63.9. The molecule has 0 aromatic carbocycles. The Kier molecular flexibility index (Phi) is 17.1. The van der Waals surface area contributed by atoms with Crippen molar-refractivity contribution in [2.75, 3.05) is 46.4 Å². The Balaban J connectivity index is 1.86. The van der Waals surface area contributed by atoms with Gasteiger partial charge in [0.05, 0.1) is 62.2 Å². The second-order valence-corrected chi connectivity index (χ2v) is 20.1. The van der Waals surface area contributed by atoms with Gasteiger partial charge in [-0.2, -0.15) is 26.3 Å². The predicted octanol–water partition coefficient (Wildman–Crippen LogP) is 6.66. The molecule has 16 heteroatoms. The Morgan fingerprint density at radius 2 is 1.42 bits per heavy atom. The van der Waals surface area contributed by atoms with Gasteiger partial charge in [-0.3, -0.25) is 20.0 Å². The van der Waals surface area contributed by atoms with E-state index in [1.54, 1.807) is 20.8 Å². The van der Waals surface area contributed by atoms with Crippen LogP contribution in [0.1, 0.15) is 101 Å². The molecule has 2 N–H and O–H groups in total. The summed E-state index contributed by atoms with van der Waals surface area (Å²) in [6, 6.07) is 10.9. The minimum absolute atomic E-state index is 0.0412. The summed E-state index contributed by atoms with van der Waals surface area (Å²) in [5.74, 6) is -3.39. The van der Waals surface area contributed by atoms with Crippen LogP contribution in [-0.2, 0) is 28.6 Å². The quantitative estimate of drug-likeness (QED) is 0.0491. The van der Waals surface area contributed by atoms with Gasteiger partial charge in [0.25, 0.3) is 0 Å². The fourth-order valence-electron chi connectivity index (χ4n) is 9.59. The summed E-state index contributed by atoms with van der Waals surface area (Å²) in [4.78, 5) is 44.8. The molecular formula is C49H64N10O6. The number of esters is 2. The largest absolute Gasteiger partial charge is 0.477 e. The third-order valence-electron chi connectivity index (χ3n) is 12.6. The number of amides is 1. The molecule has 3 fully saturated rings. The van der Waals surface area contributed by atoms with Crippen LogP contribution < -0.4 is 5.32 Å². The van der Waals surface area contributed by atoms with Crippen LogP contribution in [0.2, 0.25) is 0 Å². The standard InChI is InChI=1S/C49H64N10O6/c1-11-44(61)63-13-12-56-43(60)16-33-17-47(5,6)20-40(36(33)24-51)57-28-58(41-21-48(7,8)18-34(32(4)23-50)37(41)25-52)30-59(29-57)42-22-49(9,10)19-35(38(42)26-53)39(27-54)46(62)65-15-14-64-45(55)31(2)3/h11,16,31,36-37,40-41,55H,1,12-15,17-22,28-30H2,2-10H3,(H,56,60)/b33-16+,34-32+,39-35+,55-45?. The highest BCUT2D eigenvalue weighted by Gasteiger charge is 2.48. The SMILES string of the molecule is C=CC(=O)OCCNC(=O)/C=C1\CC(C)(C)CC(N2CN(C3=C(C#N)/C(=C(\C#N)C(=O)OCCOC(=N)C(C)C)CC(C)(C)C3)CN(C3CC(C)(C)C/C(=C(/C)C#N)C3C#N)C2)C1C#N. The maximum Gasteiger partial charge on any atom is 0.349 e. The normalized spacial score (nSPS) is 26.2. The Hall–Kier alpha value is -6.25. The maximum atomic E-state index is 13.6. The van der Waals surface area contributed by atoms with E-state index in [1.165, 1.54) is 6.08 Å². The molecule has 1 heterocycles. The molecule has 0 bridgehead atoms. The molecule has 0 spiro atoms. The summed E-state index contributed by atoms with van der Waals surface area (Å²) in [5.41, 5.74) is 1.51. The van der Waals surface area contributed by atoms with Gasteiger partial charge in [-0.15, -0.1) is 0 Å². The molecule has 4 atom stereocenters. The smallest absolute Gasteiger partial charge is 0.349 e. The average Bonchev–Trinajstić information content (AvgIpc) is 3.24. The molecule has 4 rings (SSSR count). The third-order valence-corrected chi connectivity index (χ3v) is 12.6. The molecular weight excluding hydrogens is 825 g/mol. The van der Waals surface area contributed by atoms with Crippen molar-refractivity contribution in [2.45, 2.75) is 113 Å². The monoisotopic (exact) mass is 889 g/mol. The van der Waals surface area contributed by atoms with Gasteiger partial charge in [0, 0.05) is 41.4 Å². The lowest BCUT2D eigenvalue weighted by Gasteiger charge is -2.55. The van der Waals surface area contributed by atoms with Crippen molar-refractivity contribution in [1.29, 1.82) is 31.7 Å². The molecule has 1 saturated heterocycles. The summed E-state index contributed by atoms with van der Waals surface area (Å²) < 4.78 is 15.8. The minimum atomic E-state index is -0.898. The summed E-state index contributed by atoms with van der Waals surface area (Å²) >= 11 is 0. The number of hydrogen-bond acceptors (Lipinski definition) is 15. The topological polar surface area (TPSA) is 243 Å². The summed E-state index contributed by atoms with van der Waals surface area (Å²) in [6.45, 7) is 21.7. The number of allylic oxidation sites excluding steroid dienone is 4. The lowest BCUT2D eigenvalue weighted by molar-refractivity contribution is -0.139. The molecule has 1 amide bonds. The van der Waals surface area contributed by atoms with Gasteiger partial charge in [0.1, 0.15) is 37.5 Å². The van der Waals surface area contributed by atoms with Gasteiger partial charge in [-0.05, 0) is 78.4 Å². The van der Waals surface area contributed by atoms with Crippen LogP contribution in [0.3, 0.4) is 0 Å². The molecule has 3 aliphatic carbocycles. The van der Waals surface area contributed by atoms with E-state index in [0.29, 0.717) is 55.6 Å². The Labute approximate surface area is 384 Å². The van der Waals surface area contributed by atoms with Crippen molar-refractivity contribution in [3.8, 4) is 30.3 Å². The molecule has 0 aromatic heterocycles. The van der Waals surface area contributed by atoms with E-state index in [2.05, 4.69) is 78.6 Å². The Bertz CT molecular complexity index is 2250. The zero-order chi connectivity index (χ0) is 48.4. The van der Waals surface area contributed by atoms with Crippen LogP contribution in [0.25, 0.3) is 0 Å². The van der Waals surface area contributed by atoms with E-state index in [1.807, 2.05) is 19.9 Å². The first-order valence-electron chi connectivity index (χ1n) is 22.1. The first-order valence-corrected chi connectivity index (χ1v) is 22.1. The second kappa shape index (κ2) is 21.6. The van der Waals surface area contributed by atoms with Crippen LogP contribution in [0, 0.1) is 96.1 Å². The van der Waals surface area contributed by atoms with Crippen molar-refractivity contribution in [3.63, 3.8) is 0 Å². The number of ether oxygens (including phenoxy) is 3. The summed E-state index contributed by atoms with van der Waals surface area (Å²) in [7, 11) is 0. The number of nitrogens with one attached hydrogen (secondary N) is 2. The van der Waals surface area contributed by atoms with Crippen molar-refractivity contribution in [3.05, 3.63) is 57.9 Å². The zero-order valence-electron chi connectivity index (χ0n) is 39.5. The molecule has 0 aromatic rings. The van der Waals surface area contributed by atoms with Crippen molar-refractivity contribution in [1.82, 2.24) is 20.0 Å². The molecule has 0 radical (unpaired) electrons. The molecule has 4 unspecified atom stereocenters.